The smallest absolute Gasteiger partial charge is 0.141 e. The predicted octanol–water partition coefficient (Wildman–Crippen LogP) is 3.41. The molecule has 0 saturated carbocycles. The molecule has 0 spiro atoms. The number of anilines is 2. The van der Waals surface area contributed by atoms with Crippen molar-refractivity contribution < 1.29 is 4.39 Å². The maximum absolute atomic E-state index is 13.4. The van der Waals surface area contributed by atoms with Crippen molar-refractivity contribution in [3.05, 3.63) is 53.5 Å². The fraction of sp³-hybridized carbons (Fsp3) is 0.312. The molecule has 0 unspecified atom stereocenters. The molecule has 0 amide bonds. The summed E-state index contributed by atoms with van der Waals surface area (Å²) in [5, 5.41) is 3.06. The molecular weight excluding hydrogens is 253 g/mol. The minimum absolute atomic E-state index is 0.306. The number of pyridine rings is 1. The first-order valence-electron chi connectivity index (χ1n) is 6.79. The normalized spacial score (nSPS) is 10.6. The van der Waals surface area contributed by atoms with E-state index in [2.05, 4.69) is 41.2 Å². The predicted molar refractivity (Wildman–Crippen MR) is 80.8 cm³/mol. The number of aryl methyl sites for hydroxylation is 1. The zero-order valence-electron chi connectivity index (χ0n) is 12.2. The number of benzene rings is 1. The fourth-order valence-electron chi connectivity index (χ4n) is 2.29. The highest BCUT2D eigenvalue weighted by Crippen LogP contribution is 2.27. The molecule has 1 heterocycles. The minimum atomic E-state index is -0.306. The molecule has 1 N–H and O–H groups in total. The fourth-order valence-corrected chi connectivity index (χ4v) is 2.29. The van der Waals surface area contributed by atoms with Crippen LogP contribution in [0.5, 0.6) is 0 Å². The second-order valence-corrected chi connectivity index (χ2v) is 4.75. The minimum Gasteiger partial charge on any atom is -0.326 e. The van der Waals surface area contributed by atoms with Crippen LogP contribution in [0.2, 0.25) is 0 Å². The van der Waals surface area contributed by atoms with Gasteiger partial charge in [-0.2, -0.15) is 0 Å². The van der Waals surface area contributed by atoms with Gasteiger partial charge in [0, 0.05) is 24.3 Å². The molecule has 0 bridgehead atoms. The first-order chi connectivity index (χ1) is 9.65. The second-order valence-electron chi connectivity index (χ2n) is 4.75. The van der Waals surface area contributed by atoms with Crippen molar-refractivity contribution in [3.8, 4) is 0 Å². The molecule has 0 radical (unpaired) electrons. The van der Waals surface area contributed by atoms with E-state index in [1.165, 1.54) is 17.8 Å². The molecular formula is C16H20FN3. The molecule has 0 aliphatic heterocycles. The summed E-state index contributed by atoms with van der Waals surface area (Å²) in [7, 11) is 1.84. The van der Waals surface area contributed by atoms with Crippen molar-refractivity contribution in [2.24, 2.45) is 0 Å². The van der Waals surface area contributed by atoms with Crippen LogP contribution >= 0.6 is 0 Å². The van der Waals surface area contributed by atoms with Gasteiger partial charge >= 0.3 is 0 Å². The lowest BCUT2D eigenvalue weighted by Gasteiger charge is -2.25. The monoisotopic (exact) mass is 273 g/mol. The lowest BCUT2D eigenvalue weighted by molar-refractivity contribution is 0.616. The van der Waals surface area contributed by atoms with Crippen LogP contribution in [0.3, 0.4) is 0 Å². The Morgan fingerprint density at radius 3 is 2.75 bits per heavy atom. The van der Waals surface area contributed by atoms with Crippen molar-refractivity contribution >= 4 is 11.5 Å². The summed E-state index contributed by atoms with van der Waals surface area (Å²) < 4.78 is 13.4. The van der Waals surface area contributed by atoms with Crippen molar-refractivity contribution in [2.45, 2.75) is 20.4 Å². The number of nitrogens with zero attached hydrogens (tertiary/aromatic N) is 2. The third-order valence-corrected chi connectivity index (χ3v) is 3.16. The highest BCUT2D eigenvalue weighted by molar-refractivity contribution is 5.63. The molecule has 4 heteroatoms. The van der Waals surface area contributed by atoms with Crippen LogP contribution in [0.1, 0.15) is 18.1 Å². The molecule has 1 aromatic carbocycles. The van der Waals surface area contributed by atoms with Gasteiger partial charge in [0.25, 0.3) is 0 Å². The molecule has 0 fully saturated rings. The molecule has 106 valence electrons. The van der Waals surface area contributed by atoms with E-state index in [0.29, 0.717) is 6.54 Å². The molecule has 1 aromatic heterocycles. The van der Waals surface area contributed by atoms with Crippen LogP contribution in [0, 0.1) is 12.7 Å². The number of hydrogen-bond acceptors (Lipinski definition) is 3. The van der Waals surface area contributed by atoms with E-state index in [1.807, 2.05) is 19.2 Å². The molecule has 2 rings (SSSR count). The van der Waals surface area contributed by atoms with E-state index in [9.17, 15) is 4.39 Å². The Balaban J connectivity index is 2.46. The molecule has 0 saturated heterocycles. The standard InChI is InChI=1S/C16H20FN3/c1-4-20(15-7-5-6-12(2)8-15)16-13(10-18-3)9-14(17)11-19-16/h5-9,11,18H,4,10H2,1-3H3. The first-order valence-corrected chi connectivity index (χ1v) is 6.79. The molecule has 2 aromatic rings. The third-order valence-electron chi connectivity index (χ3n) is 3.16. The summed E-state index contributed by atoms with van der Waals surface area (Å²) in [5.41, 5.74) is 3.12. The quantitative estimate of drug-likeness (QED) is 0.905. The molecule has 20 heavy (non-hydrogen) atoms. The third kappa shape index (κ3) is 3.14. The summed E-state index contributed by atoms with van der Waals surface area (Å²) in [5.74, 6) is 0.494. The van der Waals surface area contributed by atoms with Gasteiger partial charge in [0.05, 0.1) is 6.20 Å². The first kappa shape index (κ1) is 14.5. The van der Waals surface area contributed by atoms with Gasteiger partial charge < -0.3 is 10.2 Å². The Morgan fingerprint density at radius 2 is 2.10 bits per heavy atom. The largest absolute Gasteiger partial charge is 0.326 e. The average Bonchev–Trinajstić information content (AvgIpc) is 2.42. The summed E-state index contributed by atoms with van der Waals surface area (Å²) >= 11 is 0. The Bertz CT molecular complexity index is 584. The topological polar surface area (TPSA) is 28.2 Å². The van der Waals surface area contributed by atoms with Crippen LogP contribution in [-0.4, -0.2) is 18.6 Å². The molecule has 0 aliphatic rings. The van der Waals surface area contributed by atoms with Crippen LogP contribution in [-0.2, 0) is 6.54 Å². The Kier molecular flexibility index (Phi) is 4.69. The molecule has 0 aliphatic carbocycles. The van der Waals surface area contributed by atoms with Crippen molar-refractivity contribution in [1.29, 1.82) is 0 Å². The number of rotatable bonds is 5. The van der Waals surface area contributed by atoms with Gasteiger partial charge in [0.1, 0.15) is 11.6 Å². The highest BCUT2D eigenvalue weighted by Gasteiger charge is 2.14. The number of aromatic nitrogens is 1. The Hall–Kier alpha value is -1.94. The van der Waals surface area contributed by atoms with E-state index < -0.39 is 0 Å². The van der Waals surface area contributed by atoms with E-state index in [1.54, 1.807) is 0 Å². The zero-order chi connectivity index (χ0) is 14.5. The number of halogens is 1. The summed E-state index contributed by atoms with van der Waals surface area (Å²) in [6, 6.07) is 9.78. The van der Waals surface area contributed by atoms with Crippen LogP contribution in [0.15, 0.2) is 36.5 Å². The van der Waals surface area contributed by atoms with Gasteiger partial charge in [-0.3, -0.25) is 0 Å². The second kappa shape index (κ2) is 6.48. The Morgan fingerprint density at radius 1 is 1.30 bits per heavy atom. The maximum atomic E-state index is 13.4. The van der Waals surface area contributed by atoms with Crippen LogP contribution < -0.4 is 10.2 Å². The van der Waals surface area contributed by atoms with Crippen LogP contribution in [0.25, 0.3) is 0 Å². The molecule has 3 nitrogen and oxygen atoms in total. The van der Waals surface area contributed by atoms with E-state index in [4.69, 9.17) is 0 Å². The van der Waals surface area contributed by atoms with E-state index in [-0.39, 0.29) is 5.82 Å². The van der Waals surface area contributed by atoms with E-state index >= 15 is 0 Å². The van der Waals surface area contributed by atoms with Crippen LogP contribution in [0.4, 0.5) is 15.9 Å². The highest BCUT2D eigenvalue weighted by atomic mass is 19.1. The van der Waals surface area contributed by atoms with Gasteiger partial charge in [-0.1, -0.05) is 12.1 Å². The van der Waals surface area contributed by atoms with E-state index in [0.717, 1.165) is 23.6 Å². The number of nitrogens with one attached hydrogen (secondary N) is 1. The van der Waals surface area contributed by atoms with Gasteiger partial charge in [-0.15, -0.1) is 0 Å². The van der Waals surface area contributed by atoms with Gasteiger partial charge in [-0.25, -0.2) is 9.37 Å². The zero-order valence-corrected chi connectivity index (χ0v) is 12.2. The Labute approximate surface area is 119 Å². The summed E-state index contributed by atoms with van der Waals surface area (Å²) in [6.45, 7) is 5.49. The lowest BCUT2D eigenvalue weighted by atomic mass is 10.1. The number of hydrogen-bond donors (Lipinski definition) is 1. The van der Waals surface area contributed by atoms with Crippen molar-refractivity contribution in [3.63, 3.8) is 0 Å². The lowest BCUT2D eigenvalue weighted by Crippen LogP contribution is -2.21. The van der Waals surface area contributed by atoms with Gasteiger partial charge in [0.15, 0.2) is 0 Å². The van der Waals surface area contributed by atoms with Crippen molar-refractivity contribution in [2.75, 3.05) is 18.5 Å². The van der Waals surface area contributed by atoms with Crippen molar-refractivity contribution in [1.82, 2.24) is 10.3 Å². The SMILES string of the molecule is CCN(c1cccc(C)c1)c1ncc(F)cc1CNC. The summed E-state index contributed by atoms with van der Waals surface area (Å²) in [6.07, 6.45) is 1.27. The van der Waals surface area contributed by atoms with Gasteiger partial charge in [0.2, 0.25) is 0 Å². The average molecular weight is 273 g/mol. The maximum Gasteiger partial charge on any atom is 0.141 e. The summed E-state index contributed by atoms with van der Waals surface area (Å²) in [4.78, 5) is 6.38. The van der Waals surface area contributed by atoms with Gasteiger partial charge in [-0.05, 0) is 44.7 Å². The molecule has 0 atom stereocenters.